The second-order valence-corrected chi connectivity index (χ2v) is 5.99. The standard InChI is InChI=1S/C20H26N2O2/c1-4-24-19-12-10-18(11-13-19)21-20(23)15-22(16(2)3)14-17-8-6-5-7-9-17/h5-13,16H,4,14-15H2,1-3H3,(H,21,23). The summed E-state index contributed by atoms with van der Waals surface area (Å²) in [6.07, 6.45) is 0. The molecule has 2 rings (SSSR count). The van der Waals surface area contributed by atoms with Crippen LogP contribution in [0.25, 0.3) is 0 Å². The first-order chi connectivity index (χ1) is 11.6. The van der Waals surface area contributed by atoms with Crippen LogP contribution in [0.1, 0.15) is 26.3 Å². The monoisotopic (exact) mass is 326 g/mol. The van der Waals surface area contributed by atoms with Crippen LogP contribution >= 0.6 is 0 Å². The first kappa shape index (κ1) is 18.0. The molecule has 0 aromatic heterocycles. The predicted molar refractivity (Wildman–Crippen MR) is 98.2 cm³/mol. The maximum atomic E-state index is 12.3. The van der Waals surface area contributed by atoms with Crippen molar-refractivity contribution in [3.63, 3.8) is 0 Å². The first-order valence-electron chi connectivity index (χ1n) is 8.39. The van der Waals surface area contributed by atoms with Crippen LogP contribution in [0.15, 0.2) is 54.6 Å². The third kappa shape index (κ3) is 5.70. The third-order valence-electron chi connectivity index (χ3n) is 3.75. The fraction of sp³-hybridized carbons (Fsp3) is 0.350. The van der Waals surface area contributed by atoms with Crippen LogP contribution in [-0.2, 0) is 11.3 Å². The lowest BCUT2D eigenvalue weighted by Crippen LogP contribution is -2.37. The average Bonchev–Trinajstić information content (AvgIpc) is 2.57. The van der Waals surface area contributed by atoms with Gasteiger partial charge in [-0.1, -0.05) is 30.3 Å². The molecule has 2 aromatic rings. The summed E-state index contributed by atoms with van der Waals surface area (Å²) in [7, 11) is 0. The van der Waals surface area contributed by atoms with E-state index in [0.29, 0.717) is 13.2 Å². The lowest BCUT2D eigenvalue weighted by molar-refractivity contribution is -0.117. The molecule has 0 heterocycles. The number of hydrogen-bond donors (Lipinski definition) is 1. The van der Waals surface area contributed by atoms with E-state index in [4.69, 9.17) is 4.74 Å². The Labute approximate surface area is 144 Å². The topological polar surface area (TPSA) is 41.6 Å². The highest BCUT2D eigenvalue weighted by atomic mass is 16.5. The van der Waals surface area contributed by atoms with Gasteiger partial charge in [0.1, 0.15) is 5.75 Å². The van der Waals surface area contributed by atoms with Crippen molar-refractivity contribution < 1.29 is 9.53 Å². The second-order valence-electron chi connectivity index (χ2n) is 5.99. The number of carbonyl (C=O) groups is 1. The minimum atomic E-state index is -0.0104. The highest BCUT2D eigenvalue weighted by Crippen LogP contribution is 2.16. The maximum Gasteiger partial charge on any atom is 0.238 e. The highest BCUT2D eigenvalue weighted by molar-refractivity contribution is 5.92. The van der Waals surface area contributed by atoms with E-state index >= 15 is 0 Å². The Hall–Kier alpha value is -2.33. The van der Waals surface area contributed by atoms with Crippen molar-refractivity contribution in [2.75, 3.05) is 18.5 Å². The molecule has 4 heteroatoms. The molecule has 0 fully saturated rings. The molecule has 24 heavy (non-hydrogen) atoms. The Balaban J connectivity index is 1.92. The van der Waals surface area contributed by atoms with Crippen LogP contribution in [-0.4, -0.2) is 30.0 Å². The average molecular weight is 326 g/mol. The molecule has 4 nitrogen and oxygen atoms in total. The Morgan fingerprint density at radius 2 is 1.75 bits per heavy atom. The first-order valence-corrected chi connectivity index (χ1v) is 8.39. The molecule has 0 saturated carbocycles. The second kappa shape index (κ2) is 9.08. The number of carbonyl (C=O) groups excluding carboxylic acids is 1. The van der Waals surface area contributed by atoms with E-state index in [-0.39, 0.29) is 11.9 Å². The summed E-state index contributed by atoms with van der Waals surface area (Å²) in [4.78, 5) is 14.5. The van der Waals surface area contributed by atoms with Gasteiger partial charge < -0.3 is 10.1 Å². The SMILES string of the molecule is CCOc1ccc(NC(=O)CN(Cc2ccccc2)C(C)C)cc1. The molecule has 0 aliphatic heterocycles. The highest BCUT2D eigenvalue weighted by Gasteiger charge is 2.14. The number of rotatable bonds is 8. The van der Waals surface area contributed by atoms with Crippen molar-refractivity contribution in [2.24, 2.45) is 0 Å². The summed E-state index contributed by atoms with van der Waals surface area (Å²) in [6.45, 7) is 7.91. The zero-order chi connectivity index (χ0) is 17.4. The van der Waals surface area contributed by atoms with Gasteiger partial charge in [-0.25, -0.2) is 0 Å². The van der Waals surface area contributed by atoms with Gasteiger partial charge in [-0.2, -0.15) is 0 Å². The Morgan fingerprint density at radius 3 is 2.33 bits per heavy atom. The fourth-order valence-electron chi connectivity index (χ4n) is 2.43. The van der Waals surface area contributed by atoms with Gasteiger partial charge in [-0.05, 0) is 50.6 Å². The van der Waals surface area contributed by atoms with E-state index in [0.717, 1.165) is 18.0 Å². The van der Waals surface area contributed by atoms with Crippen LogP contribution in [0.4, 0.5) is 5.69 Å². The predicted octanol–water partition coefficient (Wildman–Crippen LogP) is 3.93. The molecule has 0 bridgehead atoms. The number of hydrogen-bond acceptors (Lipinski definition) is 3. The molecule has 0 spiro atoms. The third-order valence-corrected chi connectivity index (χ3v) is 3.75. The van der Waals surface area contributed by atoms with Crippen LogP contribution in [0.2, 0.25) is 0 Å². The largest absolute Gasteiger partial charge is 0.494 e. The molecular weight excluding hydrogens is 300 g/mol. The van der Waals surface area contributed by atoms with Crippen LogP contribution in [0.3, 0.4) is 0 Å². The van der Waals surface area contributed by atoms with Gasteiger partial charge in [0.25, 0.3) is 0 Å². The quantitative estimate of drug-likeness (QED) is 0.799. The van der Waals surface area contributed by atoms with Gasteiger partial charge in [0.2, 0.25) is 5.91 Å². The van der Waals surface area contributed by atoms with Crippen molar-refractivity contribution in [2.45, 2.75) is 33.4 Å². The van der Waals surface area contributed by atoms with Crippen LogP contribution in [0.5, 0.6) is 5.75 Å². The molecule has 2 aromatic carbocycles. The van der Waals surface area contributed by atoms with Crippen molar-refractivity contribution in [3.05, 3.63) is 60.2 Å². The summed E-state index contributed by atoms with van der Waals surface area (Å²) >= 11 is 0. The Morgan fingerprint density at radius 1 is 1.08 bits per heavy atom. The molecule has 128 valence electrons. The Bertz CT molecular complexity index is 624. The minimum Gasteiger partial charge on any atom is -0.494 e. The molecule has 0 radical (unpaired) electrons. The molecule has 1 amide bonds. The summed E-state index contributed by atoms with van der Waals surface area (Å²) < 4.78 is 5.41. The van der Waals surface area contributed by atoms with Gasteiger partial charge >= 0.3 is 0 Å². The zero-order valence-electron chi connectivity index (χ0n) is 14.7. The molecular formula is C20H26N2O2. The van der Waals surface area contributed by atoms with Crippen molar-refractivity contribution in [3.8, 4) is 5.75 Å². The lowest BCUT2D eigenvalue weighted by Gasteiger charge is -2.26. The molecule has 0 saturated heterocycles. The van der Waals surface area contributed by atoms with Gasteiger partial charge in [0.05, 0.1) is 13.2 Å². The lowest BCUT2D eigenvalue weighted by atomic mass is 10.2. The van der Waals surface area contributed by atoms with Crippen molar-refractivity contribution >= 4 is 11.6 Å². The maximum absolute atomic E-state index is 12.3. The smallest absolute Gasteiger partial charge is 0.238 e. The van der Waals surface area contributed by atoms with Crippen LogP contribution in [0, 0.1) is 0 Å². The molecule has 0 atom stereocenters. The van der Waals surface area contributed by atoms with Gasteiger partial charge in [-0.3, -0.25) is 9.69 Å². The van der Waals surface area contributed by atoms with Gasteiger partial charge in [0.15, 0.2) is 0 Å². The van der Waals surface area contributed by atoms with Crippen molar-refractivity contribution in [1.29, 1.82) is 0 Å². The number of nitrogens with one attached hydrogen (secondary N) is 1. The molecule has 1 N–H and O–H groups in total. The summed E-state index contributed by atoms with van der Waals surface area (Å²) in [5.74, 6) is 0.798. The van der Waals surface area contributed by atoms with Gasteiger partial charge in [0, 0.05) is 18.3 Å². The van der Waals surface area contributed by atoms with E-state index in [9.17, 15) is 4.79 Å². The zero-order valence-corrected chi connectivity index (χ0v) is 14.7. The van der Waals surface area contributed by atoms with E-state index < -0.39 is 0 Å². The summed E-state index contributed by atoms with van der Waals surface area (Å²) in [5.41, 5.74) is 1.99. The Kier molecular flexibility index (Phi) is 6.82. The normalized spacial score (nSPS) is 10.9. The number of anilines is 1. The minimum absolute atomic E-state index is 0.0104. The number of nitrogens with zero attached hydrogens (tertiary/aromatic N) is 1. The van der Waals surface area contributed by atoms with E-state index in [1.54, 1.807) is 0 Å². The van der Waals surface area contributed by atoms with E-state index in [2.05, 4.69) is 36.2 Å². The number of amides is 1. The van der Waals surface area contributed by atoms with Crippen LogP contribution < -0.4 is 10.1 Å². The molecule has 0 aliphatic carbocycles. The van der Waals surface area contributed by atoms with Crippen molar-refractivity contribution in [1.82, 2.24) is 4.90 Å². The van der Waals surface area contributed by atoms with Gasteiger partial charge in [-0.15, -0.1) is 0 Å². The summed E-state index contributed by atoms with van der Waals surface area (Å²) in [5, 5.41) is 2.95. The molecule has 0 unspecified atom stereocenters. The number of ether oxygens (including phenoxy) is 1. The molecule has 0 aliphatic rings. The number of benzene rings is 2. The van der Waals surface area contributed by atoms with E-state index in [1.807, 2.05) is 49.4 Å². The fourth-order valence-corrected chi connectivity index (χ4v) is 2.43. The van der Waals surface area contributed by atoms with E-state index in [1.165, 1.54) is 5.56 Å². The summed E-state index contributed by atoms with van der Waals surface area (Å²) in [6, 6.07) is 18.0.